The molecule has 2 N–H and O–H groups in total. The van der Waals surface area contributed by atoms with Gasteiger partial charge in [0.25, 0.3) is 0 Å². The van der Waals surface area contributed by atoms with E-state index in [4.69, 9.17) is 5.73 Å². The molecule has 3 aliphatic heterocycles. The zero-order valence-corrected chi connectivity index (χ0v) is 13.4. The zero-order valence-electron chi connectivity index (χ0n) is 13.4. The van der Waals surface area contributed by atoms with Crippen LogP contribution in [-0.2, 0) is 6.42 Å². The molecule has 22 heavy (non-hydrogen) atoms. The fourth-order valence-electron chi connectivity index (χ4n) is 5.75. The normalized spacial score (nSPS) is 33.9. The van der Waals surface area contributed by atoms with Crippen molar-refractivity contribution >= 4 is 10.9 Å². The maximum atomic E-state index is 6.71. The van der Waals surface area contributed by atoms with Crippen molar-refractivity contribution < 1.29 is 0 Å². The molecule has 1 aromatic heterocycles. The van der Waals surface area contributed by atoms with E-state index in [2.05, 4.69) is 40.7 Å². The van der Waals surface area contributed by atoms with Gasteiger partial charge in [-0.1, -0.05) is 25.1 Å². The van der Waals surface area contributed by atoms with Crippen LogP contribution < -0.4 is 5.73 Å². The molecule has 3 heteroatoms. The molecule has 1 fully saturated rings. The minimum absolute atomic E-state index is 0.142. The smallest absolute Gasteiger partial charge is 0.0824 e. The van der Waals surface area contributed by atoms with Crippen LogP contribution in [0.15, 0.2) is 24.3 Å². The Morgan fingerprint density at radius 3 is 3.00 bits per heavy atom. The summed E-state index contributed by atoms with van der Waals surface area (Å²) in [6.45, 7) is 4.87. The standard InChI is InChI=1S/C19H25N3/c1-2-19-9-5-10-21-11-8-14-13-6-3-4-7-15(13)22(16(20)12-19)17(14)18(19)21/h3-4,6-7,16,18H,2,5,8-12,20H2,1H3/t16?,18-,19+/m0/s1. The van der Waals surface area contributed by atoms with Crippen molar-refractivity contribution in [1.29, 1.82) is 0 Å². The first-order valence-electron chi connectivity index (χ1n) is 8.86. The molecule has 0 spiro atoms. The number of piperidine rings is 1. The Morgan fingerprint density at radius 1 is 1.27 bits per heavy atom. The highest BCUT2D eigenvalue weighted by atomic mass is 15.3. The van der Waals surface area contributed by atoms with E-state index in [9.17, 15) is 0 Å². The Labute approximate surface area is 132 Å². The predicted molar refractivity (Wildman–Crippen MR) is 89.8 cm³/mol. The maximum Gasteiger partial charge on any atom is 0.0824 e. The molecule has 3 atom stereocenters. The highest BCUT2D eigenvalue weighted by Gasteiger charge is 2.52. The lowest BCUT2D eigenvalue weighted by atomic mass is 9.64. The third kappa shape index (κ3) is 1.44. The topological polar surface area (TPSA) is 34.2 Å². The van der Waals surface area contributed by atoms with E-state index in [1.165, 1.54) is 49.7 Å². The monoisotopic (exact) mass is 295 g/mol. The van der Waals surface area contributed by atoms with Gasteiger partial charge in [-0.3, -0.25) is 4.90 Å². The zero-order chi connectivity index (χ0) is 14.9. The van der Waals surface area contributed by atoms with Crippen molar-refractivity contribution in [2.45, 2.75) is 51.2 Å². The van der Waals surface area contributed by atoms with Crippen LogP contribution in [0, 0.1) is 5.41 Å². The first-order chi connectivity index (χ1) is 10.7. The Hall–Kier alpha value is -1.32. The molecule has 0 bridgehead atoms. The van der Waals surface area contributed by atoms with Crippen molar-refractivity contribution in [3.63, 3.8) is 0 Å². The van der Waals surface area contributed by atoms with E-state index in [1.807, 2.05) is 0 Å². The first kappa shape index (κ1) is 13.1. The Balaban J connectivity index is 1.85. The molecule has 0 amide bonds. The third-order valence-electron chi connectivity index (χ3n) is 6.68. The Bertz CT molecular complexity index is 746. The van der Waals surface area contributed by atoms with Gasteiger partial charge in [-0.25, -0.2) is 0 Å². The summed E-state index contributed by atoms with van der Waals surface area (Å²) in [6.07, 6.45) is 6.40. The lowest BCUT2D eigenvalue weighted by Crippen LogP contribution is -2.54. The molecular formula is C19H25N3. The lowest BCUT2D eigenvalue weighted by Gasteiger charge is -2.56. The van der Waals surface area contributed by atoms with E-state index >= 15 is 0 Å². The lowest BCUT2D eigenvalue weighted by molar-refractivity contribution is -0.0350. The SMILES string of the molecule is CC[C@@]12CCCN3CCc4c(n(c5ccccc45)C(N)C1)[C@H]32. The summed E-state index contributed by atoms with van der Waals surface area (Å²) in [5, 5.41) is 1.45. The van der Waals surface area contributed by atoms with Gasteiger partial charge in [-0.15, -0.1) is 0 Å². The van der Waals surface area contributed by atoms with Crippen LogP contribution in [0.3, 0.4) is 0 Å². The molecule has 116 valence electrons. The van der Waals surface area contributed by atoms with E-state index < -0.39 is 0 Å². The van der Waals surface area contributed by atoms with Gasteiger partial charge < -0.3 is 10.3 Å². The highest BCUT2D eigenvalue weighted by Crippen LogP contribution is 2.58. The van der Waals surface area contributed by atoms with Crippen LogP contribution in [0.4, 0.5) is 0 Å². The molecular weight excluding hydrogens is 270 g/mol. The maximum absolute atomic E-state index is 6.71. The van der Waals surface area contributed by atoms with Gasteiger partial charge in [-0.05, 0) is 55.7 Å². The summed E-state index contributed by atoms with van der Waals surface area (Å²) < 4.78 is 2.49. The number of benzene rings is 1. The molecule has 4 heterocycles. The summed E-state index contributed by atoms with van der Waals surface area (Å²) in [4.78, 5) is 2.76. The average Bonchev–Trinajstić information content (AvgIpc) is 2.89. The number of rotatable bonds is 1. The summed E-state index contributed by atoms with van der Waals surface area (Å²) in [7, 11) is 0. The second-order valence-corrected chi connectivity index (χ2v) is 7.53. The third-order valence-corrected chi connectivity index (χ3v) is 6.68. The van der Waals surface area contributed by atoms with Gasteiger partial charge in [0.15, 0.2) is 0 Å². The van der Waals surface area contributed by atoms with Crippen LogP contribution in [0.5, 0.6) is 0 Å². The fourth-order valence-corrected chi connectivity index (χ4v) is 5.75. The van der Waals surface area contributed by atoms with Crippen molar-refractivity contribution in [3.05, 3.63) is 35.5 Å². The average molecular weight is 295 g/mol. The summed E-state index contributed by atoms with van der Waals surface area (Å²) in [6, 6.07) is 9.50. The van der Waals surface area contributed by atoms with Crippen molar-refractivity contribution in [3.8, 4) is 0 Å². The van der Waals surface area contributed by atoms with Gasteiger partial charge in [-0.2, -0.15) is 0 Å². The Kier molecular flexibility index (Phi) is 2.61. The van der Waals surface area contributed by atoms with E-state index in [0.717, 1.165) is 6.42 Å². The molecule has 3 aliphatic rings. The second-order valence-electron chi connectivity index (χ2n) is 7.53. The molecule has 2 aromatic rings. The second kappa shape index (κ2) is 4.36. The van der Waals surface area contributed by atoms with Crippen LogP contribution >= 0.6 is 0 Å². The molecule has 1 aromatic carbocycles. The predicted octanol–water partition coefficient (Wildman–Crippen LogP) is 3.59. The van der Waals surface area contributed by atoms with E-state index in [1.54, 1.807) is 11.3 Å². The number of hydrogen-bond acceptors (Lipinski definition) is 2. The number of nitrogens with zero attached hydrogens (tertiary/aromatic N) is 2. The molecule has 5 rings (SSSR count). The Morgan fingerprint density at radius 2 is 2.14 bits per heavy atom. The van der Waals surface area contributed by atoms with Crippen LogP contribution in [0.2, 0.25) is 0 Å². The highest BCUT2D eigenvalue weighted by molar-refractivity contribution is 5.86. The minimum Gasteiger partial charge on any atom is -0.327 e. The van der Waals surface area contributed by atoms with Gasteiger partial charge in [0.1, 0.15) is 0 Å². The van der Waals surface area contributed by atoms with E-state index in [0.29, 0.717) is 11.5 Å². The molecule has 0 saturated carbocycles. The molecule has 1 saturated heterocycles. The fraction of sp³-hybridized carbons (Fsp3) is 0.579. The first-order valence-corrected chi connectivity index (χ1v) is 8.86. The molecule has 0 radical (unpaired) electrons. The van der Waals surface area contributed by atoms with Gasteiger partial charge >= 0.3 is 0 Å². The van der Waals surface area contributed by atoms with Crippen LogP contribution in [0.25, 0.3) is 10.9 Å². The molecule has 0 aliphatic carbocycles. The van der Waals surface area contributed by atoms with Crippen molar-refractivity contribution in [2.24, 2.45) is 11.1 Å². The quantitative estimate of drug-likeness (QED) is 0.872. The van der Waals surface area contributed by atoms with Crippen LogP contribution in [-0.4, -0.2) is 22.6 Å². The molecule has 3 nitrogen and oxygen atoms in total. The number of aromatic nitrogens is 1. The minimum atomic E-state index is 0.142. The molecule has 1 unspecified atom stereocenters. The van der Waals surface area contributed by atoms with Crippen LogP contribution in [0.1, 0.15) is 56.1 Å². The summed E-state index contributed by atoms with van der Waals surface area (Å²) >= 11 is 0. The number of para-hydroxylation sites is 1. The number of hydrogen-bond donors (Lipinski definition) is 1. The summed E-state index contributed by atoms with van der Waals surface area (Å²) in [5.41, 5.74) is 11.6. The van der Waals surface area contributed by atoms with Gasteiger partial charge in [0.05, 0.1) is 12.2 Å². The summed E-state index contributed by atoms with van der Waals surface area (Å²) in [5.74, 6) is 0. The largest absolute Gasteiger partial charge is 0.327 e. The van der Waals surface area contributed by atoms with Crippen molar-refractivity contribution in [2.75, 3.05) is 13.1 Å². The van der Waals surface area contributed by atoms with Gasteiger partial charge in [0.2, 0.25) is 0 Å². The van der Waals surface area contributed by atoms with Gasteiger partial charge in [0, 0.05) is 23.1 Å². The van der Waals surface area contributed by atoms with Crippen molar-refractivity contribution in [1.82, 2.24) is 9.47 Å². The van der Waals surface area contributed by atoms with E-state index in [-0.39, 0.29) is 6.17 Å². The number of fused-ring (bicyclic) bond motifs is 3. The number of nitrogens with two attached hydrogens (primary N) is 1.